The molecule has 0 aliphatic heterocycles. The summed E-state index contributed by atoms with van der Waals surface area (Å²) < 4.78 is 9.25. The van der Waals surface area contributed by atoms with Gasteiger partial charge in [0.25, 0.3) is 5.91 Å². The molecule has 0 atom stereocenters. The lowest BCUT2D eigenvalue weighted by Crippen LogP contribution is -2.13. The first-order valence-corrected chi connectivity index (χ1v) is 9.30. The predicted octanol–water partition coefficient (Wildman–Crippen LogP) is 2.94. The zero-order valence-electron chi connectivity index (χ0n) is 16.2. The summed E-state index contributed by atoms with van der Waals surface area (Å²) in [6.07, 6.45) is 6.41. The van der Waals surface area contributed by atoms with Gasteiger partial charge in [0, 0.05) is 29.4 Å². The van der Waals surface area contributed by atoms with Crippen LogP contribution in [0.3, 0.4) is 0 Å². The average Bonchev–Trinajstić information content (AvgIpc) is 3.37. The van der Waals surface area contributed by atoms with E-state index in [0.717, 1.165) is 11.0 Å². The second-order valence-corrected chi connectivity index (χ2v) is 6.81. The first-order valence-electron chi connectivity index (χ1n) is 9.30. The van der Waals surface area contributed by atoms with Gasteiger partial charge in [-0.1, -0.05) is 6.07 Å². The summed E-state index contributed by atoms with van der Waals surface area (Å²) in [4.78, 5) is 20.9. The Balaban J connectivity index is 1.42. The Hall–Kier alpha value is -3.75. The van der Waals surface area contributed by atoms with Gasteiger partial charge in [-0.05, 0) is 32.0 Å². The van der Waals surface area contributed by atoms with Gasteiger partial charge in [-0.3, -0.25) is 4.79 Å². The van der Waals surface area contributed by atoms with Crippen molar-refractivity contribution in [2.24, 2.45) is 0 Å². The predicted molar refractivity (Wildman–Crippen MR) is 108 cm³/mol. The molecular formula is C20H21N7O2. The molecule has 148 valence electrons. The van der Waals surface area contributed by atoms with Crippen LogP contribution in [0, 0.1) is 0 Å². The van der Waals surface area contributed by atoms with Gasteiger partial charge in [0.15, 0.2) is 5.65 Å². The van der Waals surface area contributed by atoms with Crippen LogP contribution in [0.25, 0.3) is 11.0 Å². The smallest absolute Gasteiger partial charge is 0.257 e. The molecular weight excluding hydrogens is 370 g/mol. The van der Waals surface area contributed by atoms with Crippen molar-refractivity contribution in [3.63, 3.8) is 0 Å². The van der Waals surface area contributed by atoms with Crippen LogP contribution < -0.4 is 10.1 Å². The lowest BCUT2D eigenvalue weighted by Gasteiger charge is -2.10. The van der Waals surface area contributed by atoms with Crippen LogP contribution >= 0.6 is 0 Å². The molecule has 0 aliphatic carbocycles. The van der Waals surface area contributed by atoms with Crippen molar-refractivity contribution in [3.05, 3.63) is 60.9 Å². The highest BCUT2D eigenvalue weighted by Crippen LogP contribution is 2.20. The van der Waals surface area contributed by atoms with Gasteiger partial charge in [-0.2, -0.15) is 10.2 Å². The molecule has 1 aromatic carbocycles. The van der Waals surface area contributed by atoms with E-state index in [1.165, 1.54) is 6.33 Å². The topological polar surface area (TPSA) is 99.8 Å². The monoisotopic (exact) mass is 391 g/mol. The van der Waals surface area contributed by atoms with Gasteiger partial charge >= 0.3 is 0 Å². The molecule has 29 heavy (non-hydrogen) atoms. The van der Waals surface area contributed by atoms with E-state index < -0.39 is 0 Å². The van der Waals surface area contributed by atoms with Crippen LogP contribution in [0.1, 0.15) is 30.2 Å². The van der Waals surface area contributed by atoms with E-state index in [0.29, 0.717) is 30.2 Å². The molecule has 1 N–H and O–H groups in total. The summed E-state index contributed by atoms with van der Waals surface area (Å²) in [6.45, 7) is 5.11. The van der Waals surface area contributed by atoms with Crippen LogP contribution in [-0.4, -0.2) is 42.0 Å². The Morgan fingerprint density at radius 2 is 2.10 bits per heavy atom. The molecule has 0 saturated heterocycles. The van der Waals surface area contributed by atoms with Crippen molar-refractivity contribution in [3.8, 4) is 5.75 Å². The van der Waals surface area contributed by atoms with Gasteiger partial charge in [0.2, 0.25) is 0 Å². The Morgan fingerprint density at radius 1 is 1.21 bits per heavy atom. The fraction of sp³-hybridized carbons (Fsp3) is 0.250. The Kier molecular flexibility index (Phi) is 5.19. The zero-order chi connectivity index (χ0) is 20.2. The highest BCUT2D eigenvalue weighted by Gasteiger charge is 2.12. The molecule has 4 rings (SSSR count). The van der Waals surface area contributed by atoms with E-state index in [-0.39, 0.29) is 11.9 Å². The van der Waals surface area contributed by atoms with Gasteiger partial charge in [-0.25, -0.2) is 19.3 Å². The quantitative estimate of drug-likeness (QED) is 0.520. The molecule has 3 heterocycles. The van der Waals surface area contributed by atoms with Crippen LogP contribution in [0.4, 0.5) is 5.69 Å². The summed E-state index contributed by atoms with van der Waals surface area (Å²) in [5.74, 6) is 0.422. The minimum atomic E-state index is -0.239. The number of aromatic nitrogens is 6. The largest absolute Gasteiger partial charge is 0.492 e. The third-order valence-corrected chi connectivity index (χ3v) is 4.33. The molecule has 1 amide bonds. The molecule has 0 bridgehead atoms. The highest BCUT2D eigenvalue weighted by atomic mass is 16.5. The molecule has 4 aromatic rings. The minimum Gasteiger partial charge on any atom is -0.492 e. The summed E-state index contributed by atoms with van der Waals surface area (Å²) in [5, 5.41) is 12.1. The van der Waals surface area contributed by atoms with Gasteiger partial charge in [0.1, 0.15) is 25.0 Å². The number of fused-ring (bicyclic) bond motifs is 1. The first-order chi connectivity index (χ1) is 14.1. The van der Waals surface area contributed by atoms with Gasteiger partial charge in [0.05, 0.1) is 18.3 Å². The maximum Gasteiger partial charge on any atom is 0.257 e. The molecule has 9 nitrogen and oxygen atoms in total. The maximum absolute atomic E-state index is 12.6. The number of benzene rings is 1. The number of ether oxygens (including phenoxy) is 1. The number of nitrogens with one attached hydrogen (secondary N) is 1. The number of hydrogen-bond donors (Lipinski definition) is 1. The SMILES string of the molecule is CC(C)n1ncc2cc(C(=O)Nc3cccc(OCCn4cncn4)c3)cnc21. The lowest BCUT2D eigenvalue weighted by molar-refractivity contribution is 0.102. The van der Waals surface area contributed by atoms with E-state index in [9.17, 15) is 4.79 Å². The Bertz CT molecular complexity index is 1120. The van der Waals surface area contributed by atoms with Crippen LogP contribution in [-0.2, 0) is 6.54 Å². The van der Waals surface area contributed by atoms with Crippen LogP contribution in [0.2, 0.25) is 0 Å². The van der Waals surface area contributed by atoms with Crippen molar-refractivity contribution in [2.75, 3.05) is 11.9 Å². The first kappa shape index (κ1) is 18.6. The Labute approximate surface area is 167 Å². The van der Waals surface area contributed by atoms with Crippen molar-refractivity contribution >= 4 is 22.6 Å². The van der Waals surface area contributed by atoms with E-state index in [4.69, 9.17) is 4.74 Å². The molecule has 0 radical (unpaired) electrons. The van der Waals surface area contributed by atoms with Gasteiger partial charge < -0.3 is 10.1 Å². The number of hydrogen-bond acceptors (Lipinski definition) is 6. The fourth-order valence-electron chi connectivity index (χ4n) is 2.91. The molecule has 9 heteroatoms. The number of rotatable bonds is 7. The summed E-state index contributed by atoms with van der Waals surface area (Å²) in [6, 6.07) is 9.25. The molecule has 0 aliphatic rings. The van der Waals surface area contributed by atoms with Crippen molar-refractivity contribution < 1.29 is 9.53 Å². The second kappa shape index (κ2) is 8.09. The third-order valence-electron chi connectivity index (χ3n) is 4.33. The standard InChI is InChI=1S/C20H21N7O2/c1-14(2)27-19-15(11-23-27)8-16(10-22-19)20(28)25-17-4-3-5-18(9-17)29-7-6-26-13-21-12-24-26/h3-5,8-14H,6-7H2,1-2H3,(H,25,28). The van der Waals surface area contributed by atoms with E-state index >= 15 is 0 Å². The zero-order valence-corrected chi connectivity index (χ0v) is 16.2. The van der Waals surface area contributed by atoms with Crippen LogP contribution in [0.15, 0.2) is 55.4 Å². The molecule has 0 unspecified atom stereocenters. The number of pyridine rings is 1. The Morgan fingerprint density at radius 3 is 2.90 bits per heavy atom. The third kappa shape index (κ3) is 4.23. The van der Waals surface area contributed by atoms with Crippen molar-refractivity contribution in [1.29, 1.82) is 0 Å². The number of nitrogens with zero attached hydrogens (tertiary/aromatic N) is 6. The summed E-state index contributed by atoms with van der Waals surface area (Å²) >= 11 is 0. The van der Waals surface area contributed by atoms with E-state index in [2.05, 4.69) is 25.5 Å². The van der Waals surface area contributed by atoms with Gasteiger partial charge in [-0.15, -0.1) is 0 Å². The second-order valence-electron chi connectivity index (χ2n) is 6.81. The maximum atomic E-state index is 12.6. The summed E-state index contributed by atoms with van der Waals surface area (Å²) in [5.41, 5.74) is 1.88. The molecule has 0 saturated carbocycles. The number of amides is 1. The number of carbonyl (C=O) groups is 1. The van der Waals surface area contributed by atoms with Crippen molar-refractivity contribution in [2.45, 2.75) is 26.4 Å². The minimum absolute atomic E-state index is 0.201. The number of carbonyl (C=O) groups excluding carboxylic acids is 1. The lowest BCUT2D eigenvalue weighted by atomic mass is 10.2. The normalized spacial score (nSPS) is 11.1. The van der Waals surface area contributed by atoms with E-state index in [1.807, 2.05) is 36.7 Å². The highest BCUT2D eigenvalue weighted by molar-refractivity contribution is 6.05. The van der Waals surface area contributed by atoms with Crippen LogP contribution in [0.5, 0.6) is 5.75 Å². The molecule has 3 aromatic heterocycles. The number of anilines is 1. The molecule has 0 fully saturated rings. The summed E-state index contributed by atoms with van der Waals surface area (Å²) in [7, 11) is 0. The fourth-order valence-corrected chi connectivity index (χ4v) is 2.91. The molecule has 0 spiro atoms. The van der Waals surface area contributed by atoms with Crippen molar-refractivity contribution in [1.82, 2.24) is 29.5 Å². The van der Waals surface area contributed by atoms with E-state index in [1.54, 1.807) is 35.5 Å². The average molecular weight is 391 g/mol.